The molecule has 2 bridgehead atoms. The summed E-state index contributed by atoms with van der Waals surface area (Å²) in [4.78, 5) is 45.0. The van der Waals surface area contributed by atoms with Crippen LogP contribution in [0.4, 0.5) is 0 Å². The van der Waals surface area contributed by atoms with Crippen LogP contribution in [0.3, 0.4) is 0 Å². The Labute approximate surface area is 198 Å². The summed E-state index contributed by atoms with van der Waals surface area (Å²) in [5, 5.41) is 0.661. The Morgan fingerprint density at radius 3 is 2.62 bits per heavy atom. The molecular weight excluding hydrogens is 428 g/mol. The van der Waals surface area contributed by atoms with Crippen LogP contribution in [-0.4, -0.2) is 38.0 Å². The van der Waals surface area contributed by atoms with Crippen molar-refractivity contribution < 1.29 is 4.79 Å². The van der Waals surface area contributed by atoms with Gasteiger partial charge >= 0.3 is 0 Å². The first-order valence-corrected chi connectivity index (χ1v) is 12.5. The Bertz CT molecular complexity index is 1350. The van der Waals surface area contributed by atoms with Crippen LogP contribution in [0.2, 0.25) is 0 Å². The molecule has 7 nitrogen and oxygen atoms in total. The first-order chi connectivity index (χ1) is 16.6. The fraction of sp³-hybridized carbons (Fsp3) is 0.481. The molecule has 1 amide bonds. The maximum absolute atomic E-state index is 13.4. The zero-order valence-electron chi connectivity index (χ0n) is 19.3. The van der Waals surface area contributed by atoms with Crippen molar-refractivity contribution in [1.82, 2.24) is 19.0 Å². The summed E-state index contributed by atoms with van der Waals surface area (Å²) in [6.45, 7) is 2.86. The molecule has 4 heterocycles. The van der Waals surface area contributed by atoms with Crippen molar-refractivity contribution in [2.24, 2.45) is 17.8 Å². The van der Waals surface area contributed by atoms with Crippen LogP contribution >= 0.6 is 0 Å². The number of nitrogens with zero attached hydrogens (tertiary/aromatic N) is 4. The van der Waals surface area contributed by atoms with E-state index in [2.05, 4.69) is 9.88 Å². The maximum atomic E-state index is 13.4. The van der Waals surface area contributed by atoms with Gasteiger partial charge in [-0.2, -0.15) is 0 Å². The van der Waals surface area contributed by atoms with Gasteiger partial charge in [-0.1, -0.05) is 18.2 Å². The average Bonchev–Trinajstić information content (AvgIpc) is 2.86. The fourth-order valence-electron chi connectivity index (χ4n) is 6.44. The van der Waals surface area contributed by atoms with E-state index in [9.17, 15) is 14.4 Å². The van der Waals surface area contributed by atoms with E-state index in [1.165, 1.54) is 0 Å². The molecule has 0 spiro atoms. The number of fused-ring (bicyclic) bond motifs is 5. The zero-order chi connectivity index (χ0) is 23.2. The highest BCUT2D eigenvalue weighted by Gasteiger charge is 2.38. The number of hydrogen-bond acceptors (Lipinski definition) is 4. The van der Waals surface area contributed by atoms with Crippen molar-refractivity contribution in [2.45, 2.75) is 51.1 Å². The zero-order valence-corrected chi connectivity index (χ0v) is 19.3. The molecule has 1 saturated carbocycles. The highest BCUT2D eigenvalue weighted by Crippen LogP contribution is 2.37. The first kappa shape index (κ1) is 21.3. The summed E-state index contributed by atoms with van der Waals surface area (Å²) in [6, 6.07) is 13.0. The molecule has 3 aliphatic rings. The van der Waals surface area contributed by atoms with Crippen LogP contribution in [-0.2, 0) is 17.9 Å². The number of rotatable bonds is 3. The molecule has 2 aliphatic heterocycles. The van der Waals surface area contributed by atoms with E-state index >= 15 is 0 Å². The van der Waals surface area contributed by atoms with Gasteiger partial charge in [-0.05, 0) is 62.1 Å². The molecule has 34 heavy (non-hydrogen) atoms. The second-order valence-electron chi connectivity index (χ2n) is 10.4. The number of amides is 1. The minimum absolute atomic E-state index is 0.0167. The molecule has 2 atom stereocenters. The molecule has 2 fully saturated rings. The number of carbonyl (C=O) groups is 1. The number of benzene rings is 1. The monoisotopic (exact) mass is 458 g/mol. The molecule has 1 aromatic carbocycles. The number of carbonyl (C=O) groups excluding carboxylic acids is 1. The largest absolute Gasteiger partial charge is 0.341 e. The first-order valence-electron chi connectivity index (χ1n) is 12.5. The molecule has 176 valence electrons. The molecule has 0 radical (unpaired) electrons. The molecular formula is C27H30N4O3. The minimum atomic E-state index is 0.0167. The Balaban J connectivity index is 1.09. The summed E-state index contributed by atoms with van der Waals surface area (Å²) in [5.41, 5.74) is 1.91. The van der Waals surface area contributed by atoms with Crippen molar-refractivity contribution in [1.29, 1.82) is 0 Å². The molecule has 7 heteroatoms. The number of pyridine rings is 1. The number of para-hydroxylation sites is 1. The van der Waals surface area contributed by atoms with Gasteiger partial charge in [-0.15, -0.1) is 0 Å². The lowest BCUT2D eigenvalue weighted by Crippen LogP contribution is -2.50. The van der Waals surface area contributed by atoms with Crippen molar-refractivity contribution >= 4 is 16.8 Å². The van der Waals surface area contributed by atoms with Crippen LogP contribution in [0.15, 0.2) is 58.4 Å². The third-order valence-corrected chi connectivity index (χ3v) is 8.17. The summed E-state index contributed by atoms with van der Waals surface area (Å²) in [5.74, 6) is 1.36. The minimum Gasteiger partial charge on any atom is -0.341 e. The molecule has 0 N–H and O–H groups in total. The van der Waals surface area contributed by atoms with Gasteiger partial charge < -0.3 is 9.47 Å². The molecule has 1 aliphatic carbocycles. The van der Waals surface area contributed by atoms with Crippen LogP contribution in [0.1, 0.15) is 43.7 Å². The van der Waals surface area contributed by atoms with Crippen LogP contribution in [0, 0.1) is 17.8 Å². The Morgan fingerprint density at radius 2 is 1.76 bits per heavy atom. The predicted octanol–water partition coefficient (Wildman–Crippen LogP) is 3.01. The van der Waals surface area contributed by atoms with E-state index in [4.69, 9.17) is 0 Å². The van der Waals surface area contributed by atoms with Crippen molar-refractivity contribution in [2.75, 3.05) is 13.1 Å². The van der Waals surface area contributed by atoms with Gasteiger partial charge in [0, 0.05) is 49.8 Å². The molecule has 0 unspecified atom stereocenters. The Morgan fingerprint density at radius 1 is 0.941 bits per heavy atom. The van der Waals surface area contributed by atoms with E-state index in [1.54, 1.807) is 17.0 Å². The van der Waals surface area contributed by atoms with Gasteiger partial charge in [0.15, 0.2) is 0 Å². The van der Waals surface area contributed by atoms with Crippen LogP contribution < -0.4 is 11.1 Å². The average molecular weight is 459 g/mol. The van der Waals surface area contributed by atoms with E-state index < -0.39 is 0 Å². The standard InChI is InChI=1S/C27H30N4O3/c32-25-7-3-6-24-21-12-19(15-31(24)25)14-29(16-21)26(33)20-10-8-18(9-11-20)13-30-17-28-23-5-2-1-4-22(23)27(30)34/h1-7,17-21H,8-16H2/t18?,19-,20?,21+/m1/s1. The summed E-state index contributed by atoms with van der Waals surface area (Å²) < 4.78 is 3.65. The van der Waals surface area contributed by atoms with E-state index in [1.807, 2.05) is 41.0 Å². The lowest BCUT2D eigenvalue weighted by atomic mass is 9.79. The van der Waals surface area contributed by atoms with Gasteiger partial charge in [0.25, 0.3) is 11.1 Å². The highest BCUT2D eigenvalue weighted by atomic mass is 16.2. The van der Waals surface area contributed by atoms with Crippen LogP contribution in [0.25, 0.3) is 10.9 Å². The Kier molecular flexibility index (Phi) is 5.35. The predicted molar refractivity (Wildman–Crippen MR) is 130 cm³/mol. The number of aromatic nitrogens is 3. The van der Waals surface area contributed by atoms with Crippen molar-refractivity contribution in [3.63, 3.8) is 0 Å². The summed E-state index contributed by atoms with van der Waals surface area (Å²) in [6.07, 6.45) is 6.39. The molecule has 6 rings (SSSR count). The lowest BCUT2D eigenvalue weighted by molar-refractivity contribution is -0.139. The third kappa shape index (κ3) is 3.77. The number of hydrogen-bond donors (Lipinski definition) is 0. The number of likely N-dealkylation sites (tertiary alicyclic amines) is 1. The van der Waals surface area contributed by atoms with Gasteiger partial charge in [0.2, 0.25) is 5.91 Å². The maximum Gasteiger partial charge on any atom is 0.261 e. The smallest absolute Gasteiger partial charge is 0.261 e. The quantitative estimate of drug-likeness (QED) is 0.605. The van der Waals surface area contributed by atoms with Crippen molar-refractivity contribution in [3.8, 4) is 0 Å². The lowest BCUT2D eigenvalue weighted by Gasteiger charge is -2.44. The SMILES string of the molecule is O=C(C1CCC(Cn2cnc3ccccc3c2=O)CC1)N1C[C@H]2C[C@@H](C1)c1cccc(=O)n1C2. The number of piperidine rings is 1. The summed E-state index contributed by atoms with van der Waals surface area (Å²) >= 11 is 0. The van der Waals surface area contributed by atoms with Gasteiger partial charge in [0.1, 0.15) is 0 Å². The topological polar surface area (TPSA) is 77.2 Å². The van der Waals surface area contributed by atoms with Crippen LogP contribution in [0.5, 0.6) is 0 Å². The third-order valence-electron chi connectivity index (χ3n) is 8.17. The summed E-state index contributed by atoms with van der Waals surface area (Å²) in [7, 11) is 0. The molecule has 1 saturated heterocycles. The second kappa shape index (κ2) is 8.53. The van der Waals surface area contributed by atoms with E-state index in [-0.39, 0.29) is 28.9 Å². The van der Waals surface area contributed by atoms with Crippen molar-refractivity contribution in [3.05, 3.63) is 75.2 Å². The van der Waals surface area contributed by atoms with Gasteiger partial charge in [-0.3, -0.25) is 19.0 Å². The fourth-order valence-corrected chi connectivity index (χ4v) is 6.44. The van der Waals surface area contributed by atoms with E-state index in [0.717, 1.165) is 62.9 Å². The second-order valence-corrected chi connectivity index (χ2v) is 10.4. The normalized spacial score (nSPS) is 26.3. The van der Waals surface area contributed by atoms with Gasteiger partial charge in [-0.25, -0.2) is 4.98 Å². The van der Waals surface area contributed by atoms with E-state index in [0.29, 0.717) is 23.8 Å². The molecule has 3 aromatic rings. The van der Waals surface area contributed by atoms with Gasteiger partial charge in [0.05, 0.1) is 17.2 Å². The highest BCUT2D eigenvalue weighted by molar-refractivity contribution is 5.79. The molecule has 2 aromatic heterocycles. The Hall–Kier alpha value is -3.22.